The van der Waals surface area contributed by atoms with Crippen molar-refractivity contribution >= 4 is 23.0 Å². The number of hydrogen-bond acceptors (Lipinski definition) is 5. The van der Waals surface area contributed by atoms with Gasteiger partial charge in [-0.05, 0) is 43.7 Å². The molecular weight excluding hydrogens is 434 g/mol. The van der Waals surface area contributed by atoms with Crippen LogP contribution in [0.4, 0.5) is 4.79 Å². The Morgan fingerprint density at radius 2 is 1.85 bits per heavy atom. The van der Waals surface area contributed by atoms with Crippen LogP contribution in [0, 0.1) is 20.8 Å². The summed E-state index contributed by atoms with van der Waals surface area (Å²) in [4.78, 5) is 29.9. The number of aromatic nitrogens is 2. The maximum Gasteiger partial charge on any atom is 0.416 e. The first-order chi connectivity index (χ1) is 16.3. The van der Waals surface area contributed by atoms with Crippen LogP contribution >= 0.6 is 0 Å². The van der Waals surface area contributed by atoms with Gasteiger partial charge in [0.15, 0.2) is 5.89 Å². The SMILES string of the molecule is Cc1ccc(OC(=O)N(CC(=O)O)Cc2cccc3c2ccn3CCc2nc(C)oc2C)cc1. The van der Waals surface area contributed by atoms with Gasteiger partial charge in [-0.3, -0.25) is 9.69 Å². The van der Waals surface area contributed by atoms with Crippen molar-refractivity contribution in [3.8, 4) is 5.75 Å². The van der Waals surface area contributed by atoms with Gasteiger partial charge in [0.25, 0.3) is 0 Å². The third kappa shape index (κ3) is 5.28. The van der Waals surface area contributed by atoms with Gasteiger partial charge in [-0.15, -0.1) is 0 Å². The summed E-state index contributed by atoms with van der Waals surface area (Å²) >= 11 is 0. The summed E-state index contributed by atoms with van der Waals surface area (Å²) in [7, 11) is 0. The van der Waals surface area contributed by atoms with Crippen molar-refractivity contribution in [2.75, 3.05) is 6.54 Å². The van der Waals surface area contributed by atoms with E-state index in [9.17, 15) is 14.7 Å². The first-order valence-electron chi connectivity index (χ1n) is 11.0. The molecule has 0 radical (unpaired) electrons. The average molecular weight is 462 g/mol. The van der Waals surface area contributed by atoms with Crippen molar-refractivity contribution in [2.45, 2.75) is 40.3 Å². The summed E-state index contributed by atoms with van der Waals surface area (Å²) < 4.78 is 13.1. The highest BCUT2D eigenvalue weighted by Crippen LogP contribution is 2.23. The van der Waals surface area contributed by atoms with Gasteiger partial charge in [-0.2, -0.15) is 0 Å². The maximum atomic E-state index is 12.8. The molecule has 0 aliphatic heterocycles. The molecule has 0 saturated carbocycles. The molecule has 34 heavy (non-hydrogen) atoms. The fourth-order valence-corrected chi connectivity index (χ4v) is 3.98. The molecule has 2 aromatic heterocycles. The zero-order valence-corrected chi connectivity index (χ0v) is 19.4. The van der Waals surface area contributed by atoms with Crippen LogP contribution in [-0.2, 0) is 24.3 Å². The number of oxazole rings is 1. The molecule has 0 fully saturated rings. The van der Waals surface area contributed by atoms with Gasteiger partial charge >= 0.3 is 12.1 Å². The van der Waals surface area contributed by atoms with E-state index in [2.05, 4.69) is 9.55 Å². The van der Waals surface area contributed by atoms with Crippen molar-refractivity contribution in [1.82, 2.24) is 14.5 Å². The Morgan fingerprint density at radius 1 is 1.09 bits per heavy atom. The molecule has 0 spiro atoms. The van der Waals surface area contributed by atoms with Gasteiger partial charge in [-0.1, -0.05) is 29.8 Å². The van der Waals surface area contributed by atoms with Gasteiger partial charge in [-0.25, -0.2) is 9.78 Å². The molecule has 0 saturated heterocycles. The van der Waals surface area contributed by atoms with Crippen molar-refractivity contribution < 1.29 is 23.8 Å². The number of nitrogens with zero attached hydrogens (tertiary/aromatic N) is 3. The number of rotatable bonds is 8. The second-order valence-corrected chi connectivity index (χ2v) is 8.28. The highest BCUT2D eigenvalue weighted by Gasteiger charge is 2.21. The first kappa shape index (κ1) is 23.1. The van der Waals surface area contributed by atoms with Gasteiger partial charge in [0, 0.05) is 37.0 Å². The van der Waals surface area contributed by atoms with Crippen LogP contribution in [-0.4, -0.2) is 38.2 Å². The van der Waals surface area contributed by atoms with E-state index in [-0.39, 0.29) is 6.54 Å². The van der Waals surface area contributed by atoms with E-state index in [1.807, 2.05) is 63.4 Å². The van der Waals surface area contributed by atoms with Crippen LogP contribution in [0.1, 0.15) is 28.5 Å². The van der Waals surface area contributed by atoms with Crippen LogP contribution < -0.4 is 4.74 Å². The lowest BCUT2D eigenvalue weighted by Gasteiger charge is -2.21. The lowest BCUT2D eigenvalue weighted by molar-refractivity contribution is -0.138. The largest absolute Gasteiger partial charge is 0.480 e. The van der Waals surface area contributed by atoms with Gasteiger partial charge < -0.3 is 18.8 Å². The number of amides is 1. The second kappa shape index (κ2) is 9.82. The lowest BCUT2D eigenvalue weighted by Crippen LogP contribution is -2.37. The number of benzene rings is 2. The Kier molecular flexibility index (Phi) is 6.67. The monoisotopic (exact) mass is 461 g/mol. The molecule has 0 bridgehead atoms. The number of fused-ring (bicyclic) bond motifs is 1. The molecule has 2 heterocycles. The Bertz CT molecular complexity index is 1320. The molecule has 1 amide bonds. The zero-order valence-electron chi connectivity index (χ0n) is 19.4. The number of aryl methyl sites for hydroxylation is 5. The number of carbonyl (C=O) groups excluding carboxylic acids is 1. The predicted molar refractivity (Wildman–Crippen MR) is 127 cm³/mol. The molecule has 0 unspecified atom stereocenters. The second-order valence-electron chi connectivity index (χ2n) is 8.28. The van der Waals surface area contributed by atoms with Gasteiger partial charge in [0.2, 0.25) is 0 Å². The van der Waals surface area contributed by atoms with Crippen LogP contribution in [0.15, 0.2) is 59.1 Å². The summed E-state index contributed by atoms with van der Waals surface area (Å²) in [6.45, 7) is 6.04. The number of carboxylic acid groups (broad SMARTS) is 1. The summed E-state index contributed by atoms with van der Waals surface area (Å²) in [5.41, 5.74) is 3.80. The quantitative estimate of drug-likeness (QED) is 0.402. The van der Waals surface area contributed by atoms with Crippen LogP contribution in [0.25, 0.3) is 10.9 Å². The number of carboxylic acids is 1. The molecule has 8 nitrogen and oxygen atoms in total. The van der Waals surface area contributed by atoms with E-state index < -0.39 is 18.6 Å². The van der Waals surface area contributed by atoms with E-state index in [4.69, 9.17) is 9.15 Å². The van der Waals surface area contributed by atoms with E-state index in [0.717, 1.165) is 39.9 Å². The van der Waals surface area contributed by atoms with E-state index >= 15 is 0 Å². The standard InChI is InChI=1S/C26H27N3O5/c1-17-7-9-21(10-8-17)34-26(32)29(16-25(30)31)15-20-5-4-6-24-22(20)11-13-28(24)14-12-23-18(2)33-19(3)27-23/h4-11,13H,12,14-16H2,1-3H3,(H,30,31). The summed E-state index contributed by atoms with van der Waals surface area (Å²) in [6.07, 6.45) is 2.01. The van der Waals surface area contributed by atoms with Crippen molar-refractivity contribution in [3.05, 3.63) is 83.2 Å². The summed E-state index contributed by atoms with van der Waals surface area (Å²) in [6, 6.07) is 14.8. The van der Waals surface area contributed by atoms with Gasteiger partial charge in [0.05, 0.1) is 12.2 Å². The fraction of sp³-hybridized carbons (Fsp3) is 0.269. The first-order valence-corrected chi connectivity index (χ1v) is 11.0. The topological polar surface area (TPSA) is 97.8 Å². The zero-order chi connectivity index (χ0) is 24.2. The third-order valence-corrected chi connectivity index (χ3v) is 5.66. The molecule has 8 heteroatoms. The number of ether oxygens (including phenoxy) is 1. The van der Waals surface area contributed by atoms with Crippen LogP contribution in [0.3, 0.4) is 0 Å². The molecule has 1 N–H and O–H groups in total. The van der Waals surface area contributed by atoms with E-state index in [1.165, 1.54) is 4.90 Å². The normalized spacial score (nSPS) is 11.0. The molecule has 4 rings (SSSR count). The predicted octanol–water partition coefficient (Wildman–Crippen LogP) is 4.88. The minimum atomic E-state index is -1.11. The minimum absolute atomic E-state index is 0.111. The Labute approximate surface area is 197 Å². The number of aliphatic carboxylic acids is 1. The molecule has 0 aliphatic rings. The molecule has 176 valence electrons. The molecule has 4 aromatic rings. The smallest absolute Gasteiger partial charge is 0.416 e. The van der Waals surface area contributed by atoms with Gasteiger partial charge in [0.1, 0.15) is 18.1 Å². The Balaban J connectivity index is 1.53. The highest BCUT2D eigenvalue weighted by atomic mass is 16.6. The molecular formula is C26H27N3O5. The molecule has 0 aliphatic carbocycles. The molecule has 2 aromatic carbocycles. The fourth-order valence-electron chi connectivity index (χ4n) is 3.98. The lowest BCUT2D eigenvalue weighted by atomic mass is 10.1. The minimum Gasteiger partial charge on any atom is -0.480 e. The van der Waals surface area contributed by atoms with Crippen molar-refractivity contribution in [2.24, 2.45) is 0 Å². The summed E-state index contributed by atoms with van der Waals surface area (Å²) in [5, 5.41) is 10.3. The van der Waals surface area contributed by atoms with E-state index in [0.29, 0.717) is 18.2 Å². The average Bonchev–Trinajstić information content (AvgIpc) is 3.35. The number of carbonyl (C=O) groups is 2. The van der Waals surface area contributed by atoms with Crippen molar-refractivity contribution in [3.63, 3.8) is 0 Å². The Morgan fingerprint density at radius 3 is 2.53 bits per heavy atom. The number of hydrogen-bond donors (Lipinski definition) is 1. The van der Waals surface area contributed by atoms with E-state index in [1.54, 1.807) is 12.1 Å². The van der Waals surface area contributed by atoms with Crippen LogP contribution in [0.5, 0.6) is 5.75 Å². The molecule has 0 atom stereocenters. The van der Waals surface area contributed by atoms with Crippen LogP contribution in [0.2, 0.25) is 0 Å². The summed E-state index contributed by atoms with van der Waals surface area (Å²) in [5.74, 6) is 0.742. The highest BCUT2D eigenvalue weighted by molar-refractivity contribution is 5.85. The van der Waals surface area contributed by atoms with Crippen molar-refractivity contribution in [1.29, 1.82) is 0 Å². The Hall–Kier alpha value is -4.07. The third-order valence-electron chi connectivity index (χ3n) is 5.66. The maximum absolute atomic E-state index is 12.8.